The maximum atomic E-state index is 11.4. The van der Waals surface area contributed by atoms with Gasteiger partial charge in [-0.15, -0.1) is 0 Å². The Hall–Kier alpha value is -0.390. The molecule has 1 saturated heterocycles. The molecular weight excluding hydrogens is 224 g/mol. The largest absolute Gasteiger partial charge is 0.324 e. The Kier molecular flexibility index (Phi) is 3.37. The summed E-state index contributed by atoms with van der Waals surface area (Å²) in [6.45, 7) is 3.61. The third-order valence-corrected chi connectivity index (χ3v) is 5.28. The van der Waals surface area contributed by atoms with Crippen molar-refractivity contribution >= 4 is 9.84 Å². The minimum absolute atomic E-state index is 0.143. The Balaban J connectivity index is 1.90. The Morgan fingerprint density at radius 1 is 1.44 bits per heavy atom. The number of hydrogen-bond acceptors (Lipinski definition) is 4. The fourth-order valence-electron chi connectivity index (χ4n) is 2.55. The van der Waals surface area contributed by atoms with E-state index < -0.39 is 9.84 Å². The molecule has 0 spiro atoms. The summed E-state index contributed by atoms with van der Waals surface area (Å²) in [4.78, 5) is 2.27. The van der Waals surface area contributed by atoms with Gasteiger partial charge in [0.1, 0.15) is 0 Å². The number of sulfone groups is 1. The minimum Gasteiger partial charge on any atom is -0.324 e. The van der Waals surface area contributed by atoms with Crippen LogP contribution in [0.4, 0.5) is 0 Å². The van der Waals surface area contributed by atoms with E-state index in [9.17, 15) is 8.42 Å². The molecule has 1 aliphatic heterocycles. The Bertz CT molecular complexity index is 377. The van der Waals surface area contributed by atoms with E-state index in [1.54, 1.807) is 0 Å². The van der Waals surface area contributed by atoms with Crippen LogP contribution in [0.2, 0.25) is 0 Å². The summed E-state index contributed by atoms with van der Waals surface area (Å²) < 4.78 is 22.9. The molecule has 0 radical (unpaired) electrons. The summed E-state index contributed by atoms with van der Waals surface area (Å²) in [5.41, 5.74) is 5.81. The normalized spacial score (nSPS) is 39.0. The second-order valence-electron chi connectivity index (χ2n) is 5.00. The summed E-state index contributed by atoms with van der Waals surface area (Å²) in [7, 11) is -2.79. The van der Waals surface area contributed by atoms with Crippen LogP contribution in [0.25, 0.3) is 0 Å². The van der Waals surface area contributed by atoms with Gasteiger partial charge in [-0.2, -0.15) is 0 Å². The molecule has 0 saturated carbocycles. The molecule has 1 heterocycles. The van der Waals surface area contributed by atoms with Crippen LogP contribution in [0.15, 0.2) is 12.2 Å². The van der Waals surface area contributed by atoms with Crippen LogP contribution in [0.3, 0.4) is 0 Å². The van der Waals surface area contributed by atoms with Gasteiger partial charge in [-0.05, 0) is 19.3 Å². The molecule has 3 unspecified atom stereocenters. The van der Waals surface area contributed by atoms with E-state index in [1.165, 1.54) is 0 Å². The first kappa shape index (κ1) is 12.1. The molecule has 2 N–H and O–H groups in total. The molecule has 16 heavy (non-hydrogen) atoms. The van der Waals surface area contributed by atoms with Crippen molar-refractivity contribution in [2.24, 2.45) is 11.7 Å². The van der Waals surface area contributed by atoms with Crippen molar-refractivity contribution in [2.75, 3.05) is 24.6 Å². The van der Waals surface area contributed by atoms with Gasteiger partial charge in [-0.1, -0.05) is 12.2 Å². The zero-order chi connectivity index (χ0) is 11.8. The Morgan fingerprint density at radius 2 is 2.19 bits per heavy atom. The van der Waals surface area contributed by atoms with Gasteiger partial charge in [0.25, 0.3) is 0 Å². The summed E-state index contributed by atoms with van der Waals surface area (Å²) in [6, 6.07) is 0.331. The molecule has 0 amide bonds. The molecular formula is C11H20N2O2S. The average Bonchev–Trinajstić information content (AvgIpc) is 2.56. The molecule has 0 aromatic carbocycles. The summed E-state index contributed by atoms with van der Waals surface area (Å²) >= 11 is 0. The van der Waals surface area contributed by atoms with Crippen LogP contribution in [0, 0.1) is 5.92 Å². The lowest BCUT2D eigenvalue weighted by atomic mass is 10.1. The van der Waals surface area contributed by atoms with Gasteiger partial charge in [-0.3, -0.25) is 4.90 Å². The first-order valence-corrected chi connectivity index (χ1v) is 7.67. The third kappa shape index (κ3) is 2.84. The maximum absolute atomic E-state index is 11.4. The van der Waals surface area contributed by atoms with E-state index >= 15 is 0 Å². The highest BCUT2D eigenvalue weighted by Gasteiger charge is 2.30. The number of hydrogen-bond donors (Lipinski definition) is 1. The predicted octanol–water partition coefficient (Wildman–Crippen LogP) is 0.00870. The van der Waals surface area contributed by atoms with E-state index in [2.05, 4.69) is 17.1 Å². The van der Waals surface area contributed by atoms with Crippen molar-refractivity contribution in [3.63, 3.8) is 0 Å². The van der Waals surface area contributed by atoms with Gasteiger partial charge in [0.05, 0.1) is 11.5 Å². The molecule has 2 rings (SSSR count). The van der Waals surface area contributed by atoms with E-state index in [0.29, 0.717) is 24.0 Å². The standard InChI is InChI=1S/C11H20N2O2S/c1-9-8-16(14,15)5-4-13(9)7-10-2-3-11(12)6-10/h2-3,9-11H,4-8,12H2,1H3. The van der Waals surface area contributed by atoms with Crippen LogP contribution in [-0.2, 0) is 9.84 Å². The SMILES string of the molecule is CC1CS(=O)(=O)CCN1CC1C=CC(N)C1. The zero-order valence-electron chi connectivity index (χ0n) is 9.67. The van der Waals surface area contributed by atoms with Gasteiger partial charge >= 0.3 is 0 Å². The lowest BCUT2D eigenvalue weighted by Gasteiger charge is -2.34. The number of nitrogens with zero attached hydrogens (tertiary/aromatic N) is 1. The second-order valence-corrected chi connectivity index (χ2v) is 7.23. The smallest absolute Gasteiger partial charge is 0.153 e. The summed E-state index contributed by atoms with van der Waals surface area (Å²) in [6.07, 6.45) is 5.21. The van der Waals surface area contributed by atoms with Gasteiger partial charge < -0.3 is 5.73 Å². The van der Waals surface area contributed by atoms with Crippen molar-refractivity contribution in [1.82, 2.24) is 4.90 Å². The predicted molar refractivity (Wildman–Crippen MR) is 64.9 cm³/mol. The van der Waals surface area contributed by atoms with E-state index in [1.807, 2.05) is 6.92 Å². The van der Waals surface area contributed by atoms with E-state index in [4.69, 9.17) is 5.73 Å². The molecule has 3 atom stereocenters. The van der Waals surface area contributed by atoms with Gasteiger partial charge in [0.2, 0.25) is 0 Å². The van der Waals surface area contributed by atoms with Crippen LogP contribution in [0.5, 0.6) is 0 Å². The maximum Gasteiger partial charge on any atom is 0.153 e. The topological polar surface area (TPSA) is 63.4 Å². The van der Waals surface area contributed by atoms with Gasteiger partial charge in [0, 0.05) is 25.2 Å². The van der Waals surface area contributed by atoms with Crippen LogP contribution < -0.4 is 5.73 Å². The summed E-state index contributed by atoms with van der Waals surface area (Å²) in [5, 5.41) is 0. The lowest BCUT2D eigenvalue weighted by Crippen LogP contribution is -2.48. The van der Waals surface area contributed by atoms with Crippen molar-refractivity contribution in [3.8, 4) is 0 Å². The Labute approximate surface area is 97.4 Å². The molecule has 92 valence electrons. The fourth-order valence-corrected chi connectivity index (χ4v) is 4.17. The highest BCUT2D eigenvalue weighted by molar-refractivity contribution is 7.91. The highest BCUT2D eigenvalue weighted by Crippen LogP contribution is 2.20. The molecule has 2 aliphatic rings. The average molecular weight is 244 g/mol. The lowest BCUT2D eigenvalue weighted by molar-refractivity contribution is 0.203. The van der Waals surface area contributed by atoms with Crippen molar-refractivity contribution in [1.29, 1.82) is 0 Å². The van der Waals surface area contributed by atoms with Crippen LogP contribution >= 0.6 is 0 Å². The minimum atomic E-state index is -2.79. The van der Waals surface area contributed by atoms with Crippen molar-refractivity contribution in [2.45, 2.75) is 25.4 Å². The molecule has 1 fully saturated rings. The molecule has 0 aromatic heterocycles. The monoisotopic (exact) mass is 244 g/mol. The molecule has 0 bridgehead atoms. The van der Waals surface area contributed by atoms with E-state index in [0.717, 1.165) is 13.0 Å². The number of rotatable bonds is 2. The first-order chi connectivity index (χ1) is 7.46. The molecule has 0 aromatic rings. The van der Waals surface area contributed by atoms with Crippen LogP contribution in [0.1, 0.15) is 13.3 Å². The van der Waals surface area contributed by atoms with Crippen molar-refractivity contribution in [3.05, 3.63) is 12.2 Å². The quantitative estimate of drug-likeness (QED) is 0.695. The second kappa shape index (κ2) is 4.47. The van der Waals surface area contributed by atoms with Gasteiger partial charge in [-0.25, -0.2) is 8.42 Å². The van der Waals surface area contributed by atoms with Crippen molar-refractivity contribution < 1.29 is 8.42 Å². The van der Waals surface area contributed by atoms with Gasteiger partial charge in [0.15, 0.2) is 9.84 Å². The highest BCUT2D eigenvalue weighted by atomic mass is 32.2. The molecule has 5 heteroatoms. The Morgan fingerprint density at radius 3 is 2.75 bits per heavy atom. The zero-order valence-corrected chi connectivity index (χ0v) is 10.5. The summed E-state index contributed by atoms with van der Waals surface area (Å²) in [5.74, 6) is 1.10. The molecule has 1 aliphatic carbocycles. The number of nitrogens with two attached hydrogens (primary N) is 1. The molecule has 4 nitrogen and oxygen atoms in total. The van der Waals surface area contributed by atoms with Crippen LogP contribution in [-0.4, -0.2) is 50.0 Å². The first-order valence-electron chi connectivity index (χ1n) is 5.85. The third-order valence-electron chi connectivity index (χ3n) is 3.48. The fraction of sp³-hybridized carbons (Fsp3) is 0.818. The van der Waals surface area contributed by atoms with E-state index in [-0.39, 0.29) is 12.1 Å².